The summed E-state index contributed by atoms with van der Waals surface area (Å²) in [5.74, 6) is 0.529. The number of rotatable bonds is 10. The Kier molecular flexibility index (Phi) is 8.72. The van der Waals surface area contributed by atoms with E-state index >= 15 is 0 Å². The van der Waals surface area contributed by atoms with Crippen molar-refractivity contribution in [1.29, 1.82) is 0 Å². The van der Waals surface area contributed by atoms with Crippen molar-refractivity contribution in [2.75, 3.05) is 19.6 Å². The third-order valence-electron chi connectivity index (χ3n) is 7.58. The molecule has 8 heteroatoms. The summed E-state index contributed by atoms with van der Waals surface area (Å²) in [6.07, 6.45) is 3.80. The van der Waals surface area contributed by atoms with E-state index in [9.17, 15) is 19.5 Å². The molecule has 2 heterocycles. The van der Waals surface area contributed by atoms with E-state index < -0.39 is 17.6 Å². The molecular formula is C30H39N3O5. The normalized spacial score (nSPS) is 19.6. The fourth-order valence-corrected chi connectivity index (χ4v) is 5.48. The van der Waals surface area contributed by atoms with Gasteiger partial charge in [-0.2, -0.15) is 0 Å². The maximum absolute atomic E-state index is 13.4. The van der Waals surface area contributed by atoms with E-state index in [4.69, 9.17) is 4.74 Å². The van der Waals surface area contributed by atoms with Crippen molar-refractivity contribution in [2.45, 2.75) is 71.0 Å². The van der Waals surface area contributed by atoms with E-state index in [0.29, 0.717) is 43.2 Å². The van der Waals surface area contributed by atoms with Gasteiger partial charge in [0, 0.05) is 26.2 Å². The number of carboxylic acids is 1. The Bertz CT molecular complexity index is 1140. The Balaban J connectivity index is 1.38. The summed E-state index contributed by atoms with van der Waals surface area (Å²) in [5.41, 5.74) is 0.550. The highest BCUT2D eigenvalue weighted by Crippen LogP contribution is 2.35. The third-order valence-corrected chi connectivity index (χ3v) is 7.58. The summed E-state index contributed by atoms with van der Waals surface area (Å²) < 4.78 is 5.83. The molecule has 2 aromatic carbocycles. The van der Waals surface area contributed by atoms with Crippen LogP contribution in [-0.4, -0.2) is 63.9 Å². The summed E-state index contributed by atoms with van der Waals surface area (Å²) in [7, 11) is 0. The number of nitrogens with one attached hydrogen (secondary N) is 1. The monoisotopic (exact) mass is 521 g/mol. The van der Waals surface area contributed by atoms with Crippen LogP contribution >= 0.6 is 0 Å². The fourth-order valence-electron chi connectivity index (χ4n) is 5.48. The van der Waals surface area contributed by atoms with Crippen LogP contribution in [0.25, 0.3) is 0 Å². The summed E-state index contributed by atoms with van der Waals surface area (Å²) in [6.45, 7) is 9.11. The third kappa shape index (κ3) is 6.18. The van der Waals surface area contributed by atoms with Gasteiger partial charge in [-0.25, -0.2) is 4.79 Å². The van der Waals surface area contributed by atoms with Gasteiger partial charge >= 0.3 is 5.97 Å². The Hall–Kier alpha value is -3.39. The van der Waals surface area contributed by atoms with Gasteiger partial charge in [-0.05, 0) is 67.5 Å². The van der Waals surface area contributed by atoms with Crippen LogP contribution in [0.3, 0.4) is 0 Å². The molecule has 2 aliphatic heterocycles. The predicted octanol–water partition coefficient (Wildman–Crippen LogP) is 4.68. The van der Waals surface area contributed by atoms with Gasteiger partial charge in [0.1, 0.15) is 23.1 Å². The Morgan fingerprint density at radius 2 is 1.82 bits per heavy atom. The van der Waals surface area contributed by atoms with Crippen LogP contribution in [0.2, 0.25) is 0 Å². The number of hydrogen-bond donors (Lipinski definition) is 2. The zero-order chi connectivity index (χ0) is 27.3. The molecule has 0 saturated carbocycles. The van der Waals surface area contributed by atoms with E-state index in [0.717, 1.165) is 38.0 Å². The topological polar surface area (TPSA) is 99.2 Å². The number of carbonyl (C=O) groups is 3. The summed E-state index contributed by atoms with van der Waals surface area (Å²) in [4.78, 5) is 42.3. The second kappa shape index (κ2) is 12.0. The van der Waals surface area contributed by atoms with Gasteiger partial charge in [0.15, 0.2) is 0 Å². The first-order valence-electron chi connectivity index (χ1n) is 13.7. The van der Waals surface area contributed by atoms with Gasteiger partial charge in [-0.1, -0.05) is 45.4 Å². The van der Waals surface area contributed by atoms with E-state index in [-0.39, 0.29) is 17.4 Å². The molecule has 2 aromatic rings. The van der Waals surface area contributed by atoms with Crippen LogP contribution in [0.5, 0.6) is 11.5 Å². The molecule has 0 radical (unpaired) electrons. The predicted molar refractivity (Wildman–Crippen MR) is 145 cm³/mol. The Morgan fingerprint density at radius 3 is 2.45 bits per heavy atom. The van der Waals surface area contributed by atoms with Gasteiger partial charge in [-0.15, -0.1) is 0 Å². The molecule has 8 nitrogen and oxygen atoms in total. The first-order valence-corrected chi connectivity index (χ1v) is 13.7. The molecule has 1 spiro atoms. The van der Waals surface area contributed by atoms with Crippen molar-refractivity contribution in [3.05, 3.63) is 59.7 Å². The maximum Gasteiger partial charge on any atom is 0.335 e. The molecule has 38 heavy (non-hydrogen) atoms. The summed E-state index contributed by atoms with van der Waals surface area (Å²) in [5, 5.41) is 12.2. The fraction of sp³-hybridized carbons (Fsp3) is 0.500. The lowest BCUT2D eigenvalue weighted by Crippen LogP contribution is -2.73. The number of likely N-dealkylation sites (tertiary alicyclic amines) is 1. The molecule has 2 amide bonds. The zero-order valence-corrected chi connectivity index (χ0v) is 22.6. The lowest BCUT2D eigenvalue weighted by molar-refractivity contribution is -0.161. The van der Waals surface area contributed by atoms with Crippen LogP contribution in [0.4, 0.5) is 0 Å². The minimum Gasteiger partial charge on any atom is -0.478 e. The van der Waals surface area contributed by atoms with Crippen molar-refractivity contribution in [1.82, 2.24) is 15.1 Å². The highest BCUT2D eigenvalue weighted by molar-refractivity contribution is 6.00. The second-order valence-electron chi connectivity index (χ2n) is 10.9. The average Bonchev–Trinajstić information content (AvgIpc) is 2.89. The molecule has 2 saturated heterocycles. The molecule has 0 aromatic heterocycles. The first kappa shape index (κ1) is 27.6. The molecule has 2 aliphatic rings. The average molecular weight is 522 g/mol. The van der Waals surface area contributed by atoms with Crippen molar-refractivity contribution in [3.63, 3.8) is 0 Å². The first-order chi connectivity index (χ1) is 18.2. The molecule has 4 rings (SSSR count). The highest BCUT2D eigenvalue weighted by atomic mass is 16.5. The van der Waals surface area contributed by atoms with Crippen LogP contribution in [0, 0.1) is 5.92 Å². The largest absolute Gasteiger partial charge is 0.478 e. The minimum atomic E-state index is -0.993. The van der Waals surface area contributed by atoms with Crippen molar-refractivity contribution < 1.29 is 24.2 Å². The van der Waals surface area contributed by atoms with Crippen molar-refractivity contribution in [2.24, 2.45) is 5.92 Å². The van der Waals surface area contributed by atoms with Gasteiger partial charge in [0.25, 0.3) is 0 Å². The van der Waals surface area contributed by atoms with Crippen LogP contribution in [-0.2, 0) is 16.1 Å². The lowest BCUT2D eigenvalue weighted by Gasteiger charge is -2.52. The van der Waals surface area contributed by atoms with Crippen LogP contribution in [0.1, 0.15) is 68.8 Å². The number of carbonyl (C=O) groups excluding carboxylic acids is 2. The zero-order valence-electron chi connectivity index (χ0n) is 22.6. The number of nitrogens with zero attached hydrogens (tertiary/aromatic N) is 2. The number of benzene rings is 2. The lowest BCUT2D eigenvalue weighted by atomic mass is 9.80. The summed E-state index contributed by atoms with van der Waals surface area (Å²) >= 11 is 0. The number of aromatic carboxylic acids is 1. The van der Waals surface area contributed by atoms with Crippen molar-refractivity contribution >= 4 is 17.8 Å². The number of ether oxygens (including phenoxy) is 1. The summed E-state index contributed by atoms with van der Waals surface area (Å²) in [6, 6.07) is 13.8. The molecule has 1 unspecified atom stereocenters. The van der Waals surface area contributed by atoms with E-state index in [2.05, 4.69) is 31.0 Å². The van der Waals surface area contributed by atoms with E-state index in [1.54, 1.807) is 12.1 Å². The number of hydrogen-bond acceptors (Lipinski definition) is 5. The molecule has 1 atom stereocenters. The Morgan fingerprint density at radius 1 is 1.11 bits per heavy atom. The molecule has 2 N–H and O–H groups in total. The van der Waals surface area contributed by atoms with Gasteiger partial charge in [0.2, 0.25) is 11.8 Å². The second-order valence-corrected chi connectivity index (χ2v) is 10.9. The highest BCUT2D eigenvalue weighted by Gasteiger charge is 2.53. The SMILES string of the molecule is CCCCN1C(=O)C(CC(C)C)NC(=O)C12CCN(Cc1ccc(Oc3cccc(C(=O)O)c3)cc1)CC2. The molecule has 2 fully saturated rings. The number of piperazine rings is 1. The maximum atomic E-state index is 13.4. The number of carboxylic acid groups (broad SMARTS) is 1. The molecule has 0 aliphatic carbocycles. The molecule has 204 valence electrons. The minimum absolute atomic E-state index is 0.00646. The van der Waals surface area contributed by atoms with Gasteiger partial charge in [0.05, 0.1) is 5.56 Å². The number of amides is 2. The van der Waals surface area contributed by atoms with Crippen LogP contribution < -0.4 is 10.1 Å². The molecular weight excluding hydrogens is 482 g/mol. The number of piperidine rings is 1. The standard InChI is InChI=1S/C30H39N3O5/c1-4-5-15-33-27(34)26(18-21(2)3)31-29(37)30(33)13-16-32(17-14-30)20-22-9-11-24(12-10-22)38-25-8-6-7-23(19-25)28(35)36/h6-12,19,21,26H,4-5,13-18,20H2,1-3H3,(H,31,37)(H,35,36). The quantitative estimate of drug-likeness (QED) is 0.471. The Labute approximate surface area is 225 Å². The van der Waals surface area contributed by atoms with Crippen LogP contribution in [0.15, 0.2) is 48.5 Å². The van der Waals surface area contributed by atoms with Gasteiger partial charge in [-0.3, -0.25) is 14.5 Å². The van der Waals surface area contributed by atoms with E-state index in [1.807, 2.05) is 29.2 Å². The van der Waals surface area contributed by atoms with Crippen molar-refractivity contribution in [3.8, 4) is 11.5 Å². The van der Waals surface area contributed by atoms with Gasteiger partial charge < -0.3 is 20.1 Å². The number of unbranched alkanes of at least 4 members (excludes halogenated alkanes) is 1. The smallest absolute Gasteiger partial charge is 0.335 e. The molecule has 0 bridgehead atoms. The van der Waals surface area contributed by atoms with E-state index in [1.165, 1.54) is 12.1 Å².